The third-order valence-electron chi connectivity index (χ3n) is 3.26. The molecule has 0 aliphatic rings. The quantitative estimate of drug-likeness (QED) is 0.572. The van der Waals surface area contributed by atoms with Crippen LogP contribution in [0.2, 0.25) is 0 Å². The Morgan fingerprint density at radius 3 is 2.81 bits per heavy atom. The molecule has 1 aromatic rings. The Labute approximate surface area is 131 Å². The molecule has 4 nitrogen and oxygen atoms in total. The fourth-order valence-corrected chi connectivity index (χ4v) is 3.16. The maximum absolute atomic E-state index is 12.0. The van der Waals surface area contributed by atoms with E-state index in [0.29, 0.717) is 23.2 Å². The van der Waals surface area contributed by atoms with Gasteiger partial charge in [-0.05, 0) is 18.9 Å². The number of carbonyl (C=O) groups is 1. The molecule has 0 aliphatic heterocycles. The van der Waals surface area contributed by atoms with Crippen molar-refractivity contribution in [1.29, 1.82) is 0 Å². The van der Waals surface area contributed by atoms with Gasteiger partial charge in [-0.15, -0.1) is 17.9 Å². The second kappa shape index (κ2) is 9.45. The lowest BCUT2D eigenvalue weighted by Gasteiger charge is -2.17. The number of nitrogens with one attached hydrogen (secondary N) is 2. The number of rotatable bonds is 10. The molecule has 0 spiro atoms. The number of nitrogen functional groups attached to an aromatic ring is 1. The van der Waals surface area contributed by atoms with Gasteiger partial charge in [-0.1, -0.05) is 39.2 Å². The average molecular weight is 309 g/mol. The van der Waals surface area contributed by atoms with E-state index in [4.69, 9.17) is 5.73 Å². The van der Waals surface area contributed by atoms with Crippen molar-refractivity contribution in [2.24, 2.45) is 0 Å². The highest BCUT2D eigenvalue weighted by Gasteiger charge is 2.15. The highest BCUT2D eigenvalue weighted by Crippen LogP contribution is 2.30. The van der Waals surface area contributed by atoms with Crippen molar-refractivity contribution in [1.82, 2.24) is 5.32 Å². The second-order valence-electron chi connectivity index (χ2n) is 5.17. The Bertz CT molecular complexity index is 456. The van der Waals surface area contributed by atoms with Gasteiger partial charge in [-0.2, -0.15) is 0 Å². The summed E-state index contributed by atoms with van der Waals surface area (Å²) in [6.07, 6.45) is 7.50. The minimum Gasteiger partial charge on any atom is -0.397 e. The number of anilines is 2. The summed E-state index contributed by atoms with van der Waals surface area (Å²) in [5.74, 6) is -0.133. The zero-order valence-electron chi connectivity index (χ0n) is 13.1. The third kappa shape index (κ3) is 5.79. The second-order valence-corrected chi connectivity index (χ2v) is 6.22. The largest absolute Gasteiger partial charge is 0.397 e. The van der Waals surface area contributed by atoms with E-state index < -0.39 is 0 Å². The molecule has 4 N–H and O–H groups in total. The Balaban J connectivity index is 2.70. The van der Waals surface area contributed by atoms with Crippen molar-refractivity contribution >= 4 is 27.9 Å². The molecule has 0 aromatic carbocycles. The standard InChI is InChI=1S/C16H27N3OS/c1-4-7-9-12(8-5-2)19-14-11-13(17)15(21-14)16(20)18-10-6-3/h6,11-12,19H,3-5,7-10,17H2,1-2H3,(H,18,20). The van der Waals surface area contributed by atoms with Crippen LogP contribution in [0.3, 0.4) is 0 Å². The van der Waals surface area contributed by atoms with Gasteiger partial charge in [-0.3, -0.25) is 4.79 Å². The molecule has 1 rings (SSSR count). The van der Waals surface area contributed by atoms with E-state index in [2.05, 4.69) is 31.1 Å². The van der Waals surface area contributed by atoms with Crippen LogP contribution in [-0.4, -0.2) is 18.5 Å². The average Bonchev–Trinajstić information content (AvgIpc) is 2.83. The molecule has 1 atom stereocenters. The molecule has 1 amide bonds. The topological polar surface area (TPSA) is 67.2 Å². The first-order valence-corrected chi connectivity index (χ1v) is 8.48. The number of unbranched alkanes of at least 4 members (excludes halogenated alkanes) is 1. The molecule has 21 heavy (non-hydrogen) atoms. The lowest BCUT2D eigenvalue weighted by Crippen LogP contribution is -2.22. The Morgan fingerprint density at radius 2 is 2.19 bits per heavy atom. The van der Waals surface area contributed by atoms with E-state index >= 15 is 0 Å². The fourth-order valence-electron chi connectivity index (χ4n) is 2.19. The van der Waals surface area contributed by atoms with E-state index in [-0.39, 0.29) is 5.91 Å². The monoisotopic (exact) mass is 309 g/mol. The number of thiophene rings is 1. The summed E-state index contributed by atoms with van der Waals surface area (Å²) in [6, 6.07) is 2.32. The molecule has 118 valence electrons. The van der Waals surface area contributed by atoms with Crippen molar-refractivity contribution in [3.05, 3.63) is 23.6 Å². The van der Waals surface area contributed by atoms with Crippen LogP contribution in [0.15, 0.2) is 18.7 Å². The van der Waals surface area contributed by atoms with Gasteiger partial charge in [0.05, 0.1) is 10.7 Å². The molecule has 0 bridgehead atoms. The predicted molar refractivity (Wildman–Crippen MR) is 93.1 cm³/mol. The van der Waals surface area contributed by atoms with Gasteiger partial charge in [0, 0.05) is 12.6 Å². The minimum absolute atomic E-state index is 0.133. The summed E-state index contributed by atoms with van der Waals surface area (Å²) in [5.41, 5.74) is 6.48. The maximum Gasteiger partial charge on any atom is 0.263 e. The van der Waals surface area contributed by atoms with Crippen molar-refractivity contribution in [3.63, 3.8) is 0 Å². The van der Waals surface area contributed by atoms with Crippen LogP contribution in [0.4, 0.5) is 10.7 Å². The normalized spacial score (nSPS) is 11.9. The first-order valence-electron chi connectivity index (χ1n) is 7.67. The summed E-state index contributed by atoms with van der Waals surface area (Å²) >= 11 is 1.42. The summed E-state index contributed by atoms with van der Waals surface area (Å²) in [7, 11) is 0. The smallest absolute Gasteiger partial charge is 0.263 e. The van der Waals surface area contributed by atoms with Crippen molar-refractivity contribution in [3.8, 4) is 0 Å². The molecule has 1 aromatic heterocycles. The summed E-state index contributed by atoms with van der Waals surface area (Å²) in [6.45, 7) is 8.43. The van der Waals surface area contributed by atoms with Crippen LogP contribution in [0.25, 0.3) is 0 Å². The third-order valence-corrected chi connectivity index (χ3v) is 4.34. The SMILES string of the molecule is C=CCNC(=O)c1sc(NC(CCC)CCCC)cc1N. The summed E-state index contributed by atoms with van der Waals surface area (Å²) in [4.78, 5) is 12.5. The van der Waals surface area contributed by atoms with Gasteiger partial charge < -0.3 is 16.4 Å². The number of hydrogen-bond donors (Lipinski definition) is 3. The van der Waals surface area contributed by atoms with Crippen LogP contribution in [-0.2, 0) is 0 Å². The molecule has 1 heterocycles. The Hall–Kier alpha value is -1.49. The van der Waals surface area contributed by atoms with Crippen molar-refractivity contribution in [2.45, 2.75) is 52.0 Å². The van der Waals surface area contributed by atoms with Crippen LogP contribution >= 0.6 is 11.3 Å². The molecule has 0 aliphatic carbocycles. The van der Waals surface area contributed by atoms with Crippen LogP contribution in [0.1, 0.15) is 55.6 Å². The number of amides is 1. The first kappa shape index (κ1) is 17.6. The zero-order chi connectivity index (χ0) is 15.7. The zero-order valence-corrected chi connectivity index (χ0v) is 13.9. The van der Waals surface area contributed by atoms with Crippen molar-refractivity contribution in [2.75, 3.05) is 17.6 Å². The predicted octanol–water partition coefficient (Wildman–Crippen LogP) is 4.02. The van der Waals surface area contributed by atoms with Crippen molar-refractivity contribution < 1.29 is 4.79 Å². The molecular weight excluding hydrogens is 282 g/mol. The Morgan fingerprint density at radius 1 is 1.43 bits per heavy atom. The molecular formula is C16H27N3OS. The minimum atomic E-state index is -0.133. The molecule has 0 saturated carbocycles. The van der Waals surface area contributed by atoms with Gasteiger partial charge in [0.25, 0.3) is 5.91 Å². The van der Waals surface area contributed by atoms with Crippen LogP contribution < -0.4 is 16.4 Å². The van der Waals surface area contributed by atoms with Gasteiger partial charge in [0.15, 0.2) is 0 Å². The first-order chi connectivity index (χ1) is 10.1. The lowest BCUT2D eigenvalue weighted by molar-refractivity contribution is 0.0963. The Kier molecular flexibility index (Phi) is 7.90. The van der Waals surface area contributed by atoms with Gasteiger partial charge in [0.2, 0.25) is 0 Å². The highest BCUT2D eigenvalue weighted by atomic mass is 32.1. The van der Waals surface area contributed by atoms with Crippen LogP contribution in [0.5, 0.6) is 0 Å². The van der Waals surface area contributed by atoms with E-state index in [9.17, 15) is 4.79 Å². The molecule has 0 saturated heterocycles. The summed E-state index contributed by atoms with van der Waals surface area (Å²) in [5, 5.41) is 7.26. The van der Waals surface area contributed by atoms with E-state index in [0.717, 1.165) is 24.3 Å². The molecule has 0 radical (unpaired) electrons. The van der Waals surface area contributed by atoms with E-state index in [1.165, 1.54) is 24.2 Å². The molecule has 5 heteroatoms. The number of hydrogen-bond acceptors (Lipinski definition) is 4. The lowest BCUT2D eigenvalue weighted by atomic mass is 10.1. The van der Waals surface area contributed by atoms with Crippen LogP contribution in [0, 0.1) is 0 Å². The molecule has 1 unspecified atom stereocenters. The van der Waals surface area contributed by atoms with Gasteiger partial charge in [0.1, 0.15) is 4.88 Å². The highest BCUT2D eigenvalue weighted by molar-refractivity contribution is 7.18. The number of carbonyl (C=O) groups excluding carboxylic acids is 1. The van der Waals surface area contributed by atoms with E-state index in [1.807, 2.05) is 6.07 Å². The number of nitrogens with two attached hydrogens (primary N) is 1. The maximum atomic E-state index is 12.0. The van der Waals surface area contributed by atoms with Gasteiger partial charge >= 0.3 is 0 Å². The summed E-state index contributed by atoms with van der Waals surface area (Å²) < 4.78 is 0. The molecule has 0 fully saturated rings. The van der Waals surface area contributed by atoms with Gasteiger partial charge in [-0.25, -0.2) is 0 Å². The van der Waals surface area contributed by atoms with E-state index in [1.54, 1.807) is 6.08 Å². The fraction of sp³-hybridized carbons (Fsp3) is 0.562.